The second-order valence-corrected chi connectivity index (χ2v) is 5.49. The Bertz CT molecular complexity index is 419. The Morgan fingerprint density at radius 1 is 1.32 bits per heavy atom. The summed E-state index contributed by atoms with van der Waals surface area (Å²) in [5, 5.41) is 3.41. The first-order valence-electron chi connectivity index (χ1n) is 7.23. The fraction of sp³-hybridized carbons (Fsp3) is 0.625. The summed E-state index contributed by atoms with van der Waals surface area (Å²) in [6.45, 7) is 10.2. The first-order valence-corrected chi connectivity index (χ1v) is 7.23. The van der Waals surface area contributed by atoms with E-state index in [-0.39, 0.29) is 6.10 Å². The van der Waals surface area contributed by atoms with Crippen LogP contribution in [-0.4, -0.2) is 44.3 Å². The molecule has 1 heterocycles. The number of likely N-dealkylation sites (N-methyl/N-ethyl adjacent to an activating group) is 2. The summed E-state index contributed by atoms with van der Waals surface area (Å²) in [6.07, 6.45) is 0.237. The highest BCUT2D eigenvalue weighted by Crippen LogP contribution is 2.29. The van der Waals surface area contributed by atoms with Gasteiger partial charge in [-0.1, -0.05) is 25.1 Å². The maximum absolute atomic E-state index is 5.98. The number of ether oxygens (including phenoxy) is 1. The number of benzene rings is 1. The second-order valence-electron chi connectivity index (χ2n) is 5.49. The number of morpholine rings is 1. The smallest absolute Gasteiger partial charge is 0.0896 e. The lowest BCUT2D eigenvalue weighted by molar-refractivity contribution is -0.0611. The topological polar surface area (TPSA) is 24.5 Å². The Morgan fingerprint density at radius 2 is 2.11 bits per heavy atom. The lowest BCUT2D eigenvalue weighted by Gasteiger charge is -2.39. The highest BCUT2D eigenvalue weighted by atomic mass is 16.5. The van der Waals surface area contributed by atoms with Crippen molar-refractivity contribution < 1.29 is 4.74 Å². The fourth-order valence-electron chi connectivity index (χ4n) is 2.74. The van der Waals surface area contributed by atoms with Crippen molar-refractivity contribution in [3.05, 3.63) is 34.9 Å². The summed E-state index contributed by atoms with van der Waals surface area (Å²) in [5.41, 5.74) is 4.08. The Labute approximate surface area is 116 Å². The van der Waals surface area contributed by atoms with Gasteiger partial charge in [-0.25, -0.2) is 0 Å². The number of nitrogens with zero attached hydrogens (tertiary/aromatic N) is 1. The van der Waals surface area contributed by atoms with Crippen molar-refractivity contribution in [3.63, 3.8) is 0 Å². The molecule has 0 spiro atoms. The number of aryl methyl sites for hydroxylation is 2. The van der Waals surface area contributed by atoms with Crippen LogP contribution in [0.5, 0.6) is 0 Å². The van der Waals surface area contributed by atoms with E-state index in [0.717, 1.165) is 26.2 Å². The summed E-state index contributed by atoms with van der Waals surface area (Å²) in [5.74, 6) is 0. The molecule has 0 radical (unpaired) electrons. The molecule has 1 aliphatic rings. The molecule has 1 saturated heterocycles. The normalized spacial score (nSPS) is 24.6. The van der Waals surface area contributed by atoms with Crippen molar-refractivity contribution >= 4 is 0 Å². The van der Waals surface area contributed by atoms with Gasteiger partial charge in [0.15, 0.2) is 0 Å². The minimum absolute atomic E-state index is 0.237. The molecule has 0 bridgehead atoms. The van der Waals surface area contributed by atoms with Gasteiger partial charge >= 0.3 is 0 Å². The quantitative estimate of drug-likeness (QED) is 0.901. The van der Waals surface area contributed by atoms with Gasteiger partial charge in [0.1, 0.15) is 0 Å². The van der Waals surface area contributed by atoms with Crippen LogP contribution in [0.25, 0.3) is 0 Å². The van der Waals surface area contributed by atoms with Gasteiger partial charge < -0.3 is 10.1 Å². The van der Waals surface area contributed by atoms with Gasteiger partial charge in [0.05, 0.1) is 18.8 Å². The number of rotatable bonds is 4. The molecule has 0 aromatic heterocycles. The van der Waals surface area contributed by atoms with E-state index in [2.05, 4.69) is 56.2 Å². The third-order valence-corrected chi connectivity index (χ3v) is 4.07. The van der Waals surface area contributed by atoms with Crippen molar-refractivity contribution in [2.24, 2.45) is 0 Å². The van der Waals surface area contributed by atoms with Gasteiger partial charge in [0.25, 0.3) is 0 Å². The third kappa shape index (κ3) is 3.35. The predicted molar refractivity (Wildman–Crippen MR) is 79.6 cm³/mol. The molecule has 106 valence electrons. The SMILES string of the molecule is CCNCC1OCCN(C)C1c1ccc(C)c(C)c1. The van der Waals surface area contributed by atoms with E-state index in [1.807, 2.05) is 0 Å². The van der Waals surface area contributed by atoms with Crippen molar-refractivity contribution in [3.8, 4) is 0 Å². The Kier molecular flexibility index (Phi) is 4.97. The number of hydrogen-bond acceptors (Lipinski definition) is 3. The monoisotopic (exact) mass is 262 g/mol. The molecule has 3 nitrogen and oxygen atoms in total. The van der Waals surface area contributed by atoms with Crippen molar-refractivity contribution in [2.75, 3.05) is 33.3 Å². The molecule has 0 amide bonds. The molecule has 0 saturated carbocycles. The van der Waals surface area contributed by atoms with Gasteiger partial charge in [0.2, 0.25) is 0 Å². The highest BCUT2D eigenvalue weighted by molar-refractivity contribution is 5.32. The molecule has 2 rings (SSSR count). The molecule has 1 fully saturated rings. The van der Waals surface area contributed by atoms with E-state index in [0.29, 0.717) is 6.04 Å². The largest absolute Gasteiger partial charge is 0.374 e. The Morgan fingerprint density at radius 3 is 2.79 bits per heavy atom. The summed E-state index contributed by atoms with van der Waals surface area (Å²) in [6, 6.07) is 7.13. The van der Waals surface area contributed by atoms with Gasteiger partial charge in [-0.05, 0) is 44.1 Å². The molecule has 0 aliphatic carbocycles. The van der Waals surface area contributed by atoms with E-state index in [9.17, 15) is 0 Å². The maximum Gasteiger partial charge on any atom is 0.0896 e. The minimum Gasteiger partial charge on any atom is -0.374 e. The molecule has 1 N–H and O–H groups in total. The van der Waals surface area contributed by atoms with E-state index < -0.39 is 0 Å². The number of nitrogens with one attached hydrogen (secondary N) is 1. The van der Waals surface area contributed by atoms with Crippen LogP contribution >= 0.6 is 0 Å². The fourth-order valence-corrected chi connectivity index (χ4v) is 2.74. The summed E-state index contributed by atoms with van der Waals surface area (Å²) >= 11 is 0. The van der Waals surface area contributed by atoms with Gasteiger partial charge in [-0.3, -0.25) is 4.90 Å². The predicted octanol–water partition coefficient (Wildman–Crippen LogP) is 2.28. The van der Waals surface area contributed by atoms with Crippen LogP contribution in [-0.2, 0) is 4.74 Å². The van der Waals surface area contributed by atoms with Gasteiger partial charge in [-0.2, -0.15) is 0 Å². The molecule has 1 aliphatic heterocycles. The first-order chi connectivity index (χ1) is 9.13. The van der Waals surface area contributed by atoms with E-state index in [1.54, 1.807) is 0 Å². The zero-order valence-corrected chi connectivity index (χ0v) is 12.6. The third-order valence-electron chi connectivity index (χ3n) is 4.07. The summed E-state index contributed by atoms with van der Waals surface area (Å²) < 4.78 is 5.98. The molecular formula is C16H26N2O. The molecule has 2 unspecified atom stereocenters. The average molecular weight is 262 g/mol. The van der Waals surface area contributed by atoms with Crippen LogP contribution in [0.1, 0.15) is 29.7 Å². The molecule has 1 aromatic carbocycles. The van der Waals surface area contributed by atoms with Crippen LogP contribution in [0, 0.1) is 13.8 Å². The van der Waals surface area contributed by atoms with Crippen LogP contribution < -0.4 is 5.32 Å². The summed E-state index contributed by atoms with van der Waals surface area (Å²) in [7, 11) is 2.20. The Balaban J connectivity index is 2.22. The van der Waals surface area contributed by atoms with E-state index in [4.69, 9.17) is 4.74 Å². The average Bonchev–Trinajstić information content (AvgIpc) is 2.40. The number of hydrogen-bond donors (Lipinski definition) is 1. The highest BCUT2D eigenvalue weighted by Gasteiger charge is 2.31. The zero-order chi connectivity index (χ0) is 13.8. The maximum atomic E-state index is 5.98. The molecule has 1 aromatic rings. The Hall–Kier alpha value is -0.900. The van der Waals surface area contributed by atoms with Crippen LogP contribution in [0.15, 0.2) is 18.2 Å². The molecule has 2 atom stereocenters. The molecular weight excluding hydrogens is 236 g/mol. The molecule has 3 heteroatoms. The van der Waals surface area contributed by atoms with Crippen molar-refractivity contribution in [2.45, 2.75) is 32.9 Å². The lowest BCUT2D eigenvalue weighted by atomic mass is 9.95. The van der Waals surface area contributed by atoms with Crippen molar-refractivity contribution in [1.82, 2.24) is 10.2 Å². The van der Waals surface area contributed by atoms with Gasteiger partial charge in [0, 0.05) is 13.1 Å². The van der Waals surface area contributed by atoms with Crippen LogP contribution in [0.4, 0.5) is 0 Å². The van der Waals surface area contributed by atoms with E-state index in [1.165, 1.54) is 16.7 Å². The standard InChI is InChI=1S/C16H26N2O/c1-5-17-11-15-16(18(4)8-9-19-15)14-7-6-12(2)13(3)10-14/h6-7,10,15-17H,5,8-9,11H2,1-4H3. The van der Waals surface area contributed by atoms with Crippen LogP contribution in [0.3, 0.4) is 0 Å². The summed E-state index contributed by atoms with van der Waals surface area (Å²) in [4.78, 5) is 2.41. The lowest BCUT2D eigenvalue weighted by Crippen LogP contribution is -2.47. The second kappa shape index (κ2) is 6.51. The minimum atomic E-state index is 0.237. The zero-order valence-electron chi connectivity index (χ0n) is 12.6. The first kappa shape index (κ1) is 14.5. The van der Waals surface area contributed by atoms with Crippen LogP contribution in [0.2, 0.25) is 0 Å². The van der Waals surface area contributed by atoms with E-state index >= 15 is 0 Å². The van der Waals surface area contributed by atoms with Gasteiger partial charge in [-0.15, -0.1) is 0 Å². The van der Waals surface area contributed by atoms with Crippen molar-refractivity contribution in [1.29, 1.82) is 0 Å². The molecule has 19 heavy (non-hydrogen) atoms.